The van der Waals surface area contributed by atoms with Gasteiger partial charge in [0.15, 0.2) is 0 Å². The largest absolute Gasteiger partial charge is 0.492 e. The van der Waals surface area contributed by atoms with Crippen molar-refractivity contribution in [3.63, 3.8) is 0 Å². The number of unbranched alkanes of at least 4 members (excludes halogenated alkanes) is 2. The van der Waals surface area contributed by atoms with Gasteiger partial charge in [-0.15, -0.1) is 0 Å². The maximum absolute atomic E-state index is 10.7. The van der Waals surface area contributed by atoms with Crippen LogP contribution in [0.5, 0.6) is 5.75 Å². The minimum absolute atomic E-state index is 0.191. The minimum atomic E-state index is -0.741. The third-order valence-electron chi connectivity index (χ3n) is 3.42. The second-order valence-electron chi connectivity index (χ2n) is 5.35. The van der Waals surface area contributed by atoms with Crippen molar-refractivity contribution in [1.29, 1.82) is 0 Å². The predicted octanol–water partition coefficient (Wildman–Crippen LogP) is 3.34. The minimum Gasteiger partial charge on any atom is -0.492 e. The highest BCUT2D eigenvalue weighted by Crippen LogP contribution is 2.11. The second-order valence-corrected chi connectivity index (χ2v) is 5.35. The molecule has 0 heterocycles. The van der Waals surface area contributed by atoms with Crippen molar-refractivity contribution in [2.45, 2.75) is 39.5 Å². The third-order valence-corrected chi connectivity index (χ3v) is 3.42. The molecule has 1 rings (SSSR count). The summed E-state index contributed by atoms with van der Waals surface area (Å²) in [6.07, 6.45) is 3.66. The summed E-state index contributed by atoms with van der Waals surface area (Å²) < 4.78 is 5.72. The zero-order valence-electron chi connectivity index (χ0n) is 13.2. The van der Waals surface area contributed by atoms with Crippen molar-refractivity contribution >= 4 is 5.97 Å². The van der Waals surface area contributed by atoms with E-state index in [1.807, 2.05) is 31.2 Å². The van der Waals surface area contributed by atoms with Crippen molar-refractivity contribution in [3.8, 4) is 5.75 Å². The van der Waals surface area contributed by atoms with Gasteiger partial charge in [-0.2, -0.15) is 0 Å². The van der Waals surface area contributed by atoms with Gasteiger partial charge in [0, 0.05) is 13.1 Å². The average Bonchev–Trinajstić information content (AvgIpc) is 2.46. The monoisotopic (exact) mass is 293 g/mol. The van der Waals surface area contributed by atoms with Crippen molar-refractivity contribution in [1.82, 2.24) is 4.90 Å². The maximum Gasteiger partial charge on any atom is 0.304 e. The summed E-state index contributed by atoms with van der Waals surface area (Å²) in [5.41, 5.74) is 1.21. The Bertz CT molecular complexity index is 403. The Morgan fingerprint density at radius 2 is 1.86 bits per heavy atom. The van der Waals surface area contributed by atoms with E-state index in [1.54, 1.807) is 0 Å². The average molecular weight is 293 g/mol. The van der Waals surface area contributed by atoms with E-state index in [0.717, 1.165) is 25.3 Å². The lowest BCUT2D eigenvalue weighted by atomic mass is 10.2. The van der Waals surface area contributed by atoms with Gasteiger partial charge in [0.1, 0.15) is 12.4 Å². The van der Waals surface area contributed by atoms with Crippen LogP contribution in [-0.4, -0.2) is 42.2 Å². The third kappa shape index (κ3) is 8.35. The molecule has 0 unspecified atom stereocenters. The van der Waals surface area contributed by atoms with Crippen LogP contribution >= 0.6 is 0 Å². The van der Waals surface area contributed by atoms with Gasteiger partial charge in [0.2, 0.25) is 0 Å². The molecular weight excluding hydrogens is 266 g/mol. The molecule has 0 saturated heterocycles. The van der Waals surface area contributed by atoms with Crippen LogP contribution in [0.4, 0.5) is 0 Å². The number of carbonyl (C=O) groups is 1. The van der Waals surface area contributed by atoms with E-state index in [4.69, 9.17) is 9.84 Å². The Morgan fingerprint density at radius 3 is 2.48 bits per heavy atom. The highest BCUT2D eigenvalue weighted by atomic mass is 16.5. The fraction of sp³-hybridized carbons (Fsp3) is 0.588. The predicted molar refractivity (Wildman–Crippen MR) is 84.9 cm³/mol. The van der Waals surface area contributed by atoms with Crippen LogP contribution in [0.2, 0.25) is 0 Å². The molecular formula is C17H27NO3. The molecule has 0 aromatic heterocycles. The van der Waals surface area contributed by atoms with E-state index in [0.29, 0.717) is 13.2 Å². The number of benzene rings is 1. The van der Waals surface area contributed by atoms with E-state index in [2.05, 4.69) is 11.8 Å². The number of rotatable bonds is 11. The van der Waals surface area contributed by atoms with Crippen molar-refractivity contribution in [3.05, 3.63) is 29.8 Å². The number of hydrogen-bond acceptors (Lipinski definition) is 3. The molecule has 0 saturated carbocycles. The zero-order chi connectivity index (χ0) is 15.5. The molecule has 21 heavy (non-hydrogen) atoms. The van der Waals surface area contributed by atoms with Gasteiger partial charge in [-0.3, -0.25) is 9.69 Å². The van der Waals surface area contributed by atoms with Crippen molar-refractivity contribution in [2.75, 3.05) is 26.2 Å². The van der Waals surface area contributed by atoms with E-state index < -0.39 is 5.97 Å². The number of carboxylic acid groups (broad SMARTS) is 1. The molecule has 0 fully saturated rings. The number of hydrogen-bond donors (Lipinski definition) is 1. The molecule has 0 aliphatic rings. The second kappa shape index (κ2) is 10.2. The molecule has 0 atom stereocenters. The zero-order valence-corrected chi connectivity index (χ0v) is 13.2. The summed E-state index contributed by atoms with van der Waals surface area (Å²) >= 11 is 0. The maximum atomic E-state index is 10.7. The molecule has 0 radical (unpaired) electrons. The fourth-order valence-electron chi connectivity index (χ4n) is 2.10. The molecule has 4 heteroatoms. The van der Waals surface area contributed by atoms with Gasteiger partial charge in [0.05, 0.1) is 6.42 Å². The fourth-order valence-corrected chi connectivity index (χ4v) is 2.10. The van der Waals surface area contributed by atoms with Crippen molar-refractivity contribution < 1.29 is 14.6 Å². The SMILES string of the molecule is CCCCCN(CCOc1ccc(C)cc1)CCC(=O)O. The van der Waals surface area contributed by atoms with E-state index in [9.17, 15) is 4.79 Å². The summed E-state index contributed by atoms with van der Waals surface area (Å²) in [5.74, 6) is 0.127. The first-order valence-corrected chi connectivity index (χ1v) is 7.75. The molecule has 0 amide bonds. The van der Waals surface area contributed by atoms with Crippen LogP contribution in [0.1, 0.15) is 38.2 Å². The Balaban J connectivity index is 2.32. The quantitative estimate of drug-likeness (QED) is 0.636. The molecule has 1 N–H and O–H groups in total. The molecule has 1 aromatic rings. The molecule has 0 spiro atoms. The first-order chi connectivity index (χ1) is 10.1. The van der Waals surface area contributed by atoms with Crippen LogP contribution in [0.15, 0.2) is 24.3 Å². The summed E-state index contributed by atoms with van der Waals surface area (Å²) in [6, 6.07) is 7.99. The lowest BCUT2D eigenvalue weighted by molar-refractivity contribution is -0.137. The van der Waals surface area contributed by atoms with Crippen molar-refractivity contribution in [2.24, 2.45) is 0 Å². The van der Waals surface area contributed by atoms with Crippen LogP contribution in [0.3, 0.4) is 0 Å². The van der Waals surface area contributed by atoms with Crippen LogP contribution in [-0.2, 0) is 4.79 Å². The molecule has 1 aromatic carbocycles. The Labute approximate surface area is 127 Å². The Kier molecular flexibility index (Phi) is 8.51. The van der Waals surface area contributed by atoms with E-state index >= 15 is 0 Å². The lowest BCUT2D eigenvalue weighted by Crippen LogP contribution is -2.31. The summed E-state index contributed by atoms with van der Waals surface area (Å²) in [4.78, 5) is 12.9. The number of aliphatic carboxylic acids is 1. The van der Waals surface area contributed by atoms with Gasteiger partial charge in [-0.05, 0) is 32.0 Å². The van der Waals surface area contributed by atoms with Gasteiger partial charge >= 0.3 is 5.97 Å². The Hall–Kier alpha value is -1.55. The van der Waals surface area contributed by atoms with Crippen LogP contribution < -0.4 is 4.74 Å². The number of ether oxygens (including phenoxy) is 1. The van der Waals surface area contributed by atoms with Gasteiger partial charge in [-0.25, -0.2) is 0 Å². The lowest BCUT2D eigenvalue weighted by Gasteiger charge is -2.21. The molecule has 4 nitrogen and oxygen atoms in total. The highest BCUT2D eigenvalue weighted by molar-refractivity contribution is 5.66. The smallest absolute Gasteiger partial charge is 0.304 e. The Morgan fingerprint density at radius 1 is 1.14 bits per heavy atom. The van der Waals surface area contributed by atoms with Gasteiger partial charge in [0.25, 0.3) is 0 Å². The summed E-state index contributed by atoms with van der Waals surface area (Å²) in [7, 11) is 0. The van der Waals surface area contributed by atoms with Gasteiger partial charge < -0.3 is 9.84 Å². The first kappa shape index (κ1) is 17.5. The molecule has 0 bridgehead atoms. The van der Waals surface area contributed by atoms with Crippen LogP contribution in [0, 0.1) is 6.92 Å². The summed E-state index contributed by atoms with van der Waals surface area (Å²) in [6.45, 7) is 7.11. The van der Waals surface area contributed by atoms with Gasteiger partial charge in [-0.1, -0.05) is 37.5 Å². The number of aryl methyl sites for hydroxylation is 1. The summed E-state index contributed by atoms with van der Waals surface area (Å²) in [5, 5.41) is 8.81. The number of carboxylic acids is 1. The topological polar surface area (TPSA) is 49.8 Å². The molecule has 0 aliphatic heterocycles. The standard InChI is InChI=1S/C17H27NO3/c1-3-4-5-11-18(12-10-17(19)20)13-14-21-16-8-6-15(2)7-9-16/h6-9H,3-5,10-14H2,1-2H3,(H,19,20). The molecule has 118 valence electrons. The first-order valence-electron chi connectivity index (χ1n) is 7.75. The normalized spacial score (nSPS) is 10.8. The number of nitrogens with zero attached hydrogens (tertiary/aromatic N) is 1. The van der Waals surface area contributed by atoms with Crippen LogP contribution in [0.25, 0.3) is 0 Å². The molecule has 0 aliphatic carbocycles. The highest BCUT2D eigenvalue weighted by Gasteiger charge is 2.07. The van der Waals surface area contributed by atoms with E-state index in [-0.39, 0.29) is 6.42 Å². The van der Waals surface area contributed by atoms with E-state index in [1.165, 1.54) is 18.4 Å².